The SMILES string of the molecule is COc1c(Cl)ccc2c(=O)c3ccc(Nc4cccc5ccccc45)cc3n(CC(=O)O)c12. The van der Waals surface area contributed by atoms with Gasteiger partial charge in [0.2, 0.25) is 0 Å². The summed E-state index contributed by atoms with van der Waals surface area (Å²) in [6, 6.07) is 22.5. The summed E-state index contributed by atoms with van der Waals surface area (Å²) < 4.78 is 7.02. The van der Waals surface area contributed by atoms with E-state index in [4.69, 9.17) is 16.3 Å². The highest BCUT2D eigenvalue weighted by Crippen LogP contribution is 2.35. The predicted octanol–water partition coefficient (Wildman–Crippen LogP) is 5.80. The fourth-order valence-corrected chi connectivity index (χ4v) is 4.50. The number of hydrogen-bond donors (Lipinski definition) is 2. The zero-order valence-corrected chi connectivity index (χ0v) is 18.4. The Kier molecular flexibility index (Phi) is 5.15. The summed E-state index contributed by atoms with van der Waals surface area (Å²) in [5.74, 6) is -0.780. The molecule has 6 nitrogen and oxygen atoms in total. The molecular weight excluding hydrogens is 440 g/mol. The summed E-state index contributed by atoms with van der Waals surface area (Å²) >= 11 is 6.31. The Morgan fingerprint density at radius 2 is 1.76 bits per heavy atom. The molecule has 0 unspecified atom stereocenters. The van der Waals surface area contributed by atoms with E-state index in [0.717, 1.165) is 22.1 Å². The van der Waals surface area contributed by atoms with E-state index in [1.165, 1.54) is 7.11 Å². The van der Waals surface area contributed by atoms with E-state index in [1.807, 2.05) is 48.5 Å². The highest BCUT2D eigenvalue weighted by molar-refractivity contribution is 6.33. The van der Waals surface area contributed by atoms with Crippen LogP contribution >= 0.6 is 11.6 Å². The number of aliphatic carboxylic acids is 1. The van der Waals surface area contributed by atoms with Crippen LogP contribution in [0.3, 0.4) is 0 Å². The minimum absolute atomic E-state index is 0.215. The lowest BCUT2D eigenvalue weighted by atomic mass is 10.1. The number of methoxy groups -OCH3 is 1. The molecule has 0 atom stereocenters. The largest absolute Gasteiger partial charge is 0.493 e. The molecule has 0 aliphatic carbocycles. The average Bonchev–Trinajstić information content (AvgIpc) is 2.81. The van der Waals surface area contributed by atoms with Gasteiger partial charge >= 0.3 is 5.97 Å². The van der Waals surface area contributed by atoms with Crippen LogP contribution in [0.5, 0.6) is 5.75 Å². The Labute approximate surface area is 193 Å². The monoisotopic (exact) mass is 458 g/mol. The van der Waals surface area contributed by atoms with Gasteiger partial charge in [-0.2, -0.15) is 0 Å². The first kappa shape index (κ1) is 20.8. The average molecular weight is 459 g/mol. The van der Waals surface area contributed by atoms with E-state index in [2.05, 4.69) is 5.32 Å². The number of aromatic nitrogens is 1. The first-order chi connectivity index (χ1) is 16.0. The predicted molar refractivity (Wildman–Crippen MR) is 132 cm³/mol. The maximum atomic E-state index is 13.3. The second kappa shape index (κ2) is 8.15. The molecule has 0 aliphatic rings. The Balaban J connectivity index is 1.78. The number of benzene rings is 4. The van der Waals surface area contributed by atoms with Crippen LogP contribution < -0.4 is 15.5 Å². The third-order valence-electron chi connectivity index (χ3n) is 5.70. The van der Waals surface area contributed by atoms with Crippen LogP contribution in [0.25, 0.3) is 32.6 Å². The standard InChI is InChI=1S/C26H19ClN2O4/c1-33-26-20(27)12-11-19-24(26)29(14-23(30)31)22-13-16(9-10-18(22)25(19)32)28-21-8-4-6-15-5-2-3-7-17(15)21/h2-13,28H,14H2,1H3,(H,30,31). The molecule has 4 aromatic carbocycles. The Morgan fingerprint density at radius 1 is 1.00 bits per heavy atom. The number of pyridine rings is 1. The smallest absolute Gasteiger partial charge is 0.323 e. The zero-order chi connectivity index (χ0) is 23.1. The molecule has 0 spiro atoms. The number of hydrogen-bond acceptors (Lipinski definition) is 4. The maximum Gasteiger partial charge on any atom is 0.323 e. The quantitative estimate of drug-likeness (QED) is 0.325. The lowest BCUT2D eigenvalue weighted by Crippen LogP contribution is -2.17. The number of carboxylic acids is 1. The van der Waals surface area contributed by atoms with E-state index in [1.54, 1.807) is 28.8 Å². The third kappa shape index (κ3) is 3.54. The molecule has 1 aromatic heterocycles. The number of nitrogens with zero attached hydrogens (tertiary/aromatic N) is 1. The molecule has 0 saturated carbocycles. The molecule has 0 saturated heterocycles. The van der Waals surface area contributed by atoms with Gasteiger partial charge in [-0.25, -0.2) is 0 Å². The third-order valence-corrected chi connectivity index (χ3v) is 5.99. The van der Waals surface area contributed by atoms with Gasteiger partial charge in [0.05, 0.1) is 28.6 Å². The minimum atomic E-state index is -1.05. The summed E-state index contributed by atoms with van der Waals surface area (Å²) in [6.07, 6.45) is 0. The number of anilines is 2. The molecule has 1 heterocycles. The van der Waals surface area contributed by atoms with Gasteiger partial charge in [-0.3, -0.25) is 9.59 Å². The second-order valence-corrected chi connectivity index (χ2v) is 8.08. The fraction of sp³-hybridized carbons (Fsp3) is 0.0769. The number of rotatable bonds is 5. The second-order valence-electron chi connectivity index (χ2n) is 7.67. The normalized spacial score (nSPS) is 11.2. The summed E-state index contributed by atoms with van der Waals surface area (Å²) in [5.41, 5.74) is 2.24. The Hall–Kier alpha value is -4.03. The highest BCUT2D eigenvalue weighted by atomic mass is 35.5. The van der Waals surface area contributed by atoms with Gasteiger partial charge in [0.25, 0.3) is 0 Å². The first-order valence-electron chi connectivity index (χ1n) is 10.3. The molecule has 33 heavy (non-hydrogen) atoms. The Morgan fingerprint density at radius 3 is 2.55 bits per heavy atom. The van der Waals surface area contributed by atoms with Crippen molar-refractivity contribution in [1.82, 2.24) is 4.57 Å². The van der Waals surface area contributed by atoms with Crippen molar-refractivity contribution in [3.63, 3.8) is 0 Å². The summed E-state index contributed by atoms with van der Waals surface area (Å²) in [5, 5.41) is 16.2. The van der Waals surface area contributed by atoms with Crippen molar-refractivity contribution in [3.8, 4) is 5.75 Å². The van der Waals surface area contributed by atoms with Gasteiger partial charge in [-0.05, 0) is 41.8 Å². The number of nitrogens with one attached hydrogen (secondary N) is 1. The van der Waals surface area contributed by atoms with Crippen molar-refractivity contribution in [2.24, 2.45) is 0 Å². The molecule has 0 radical (unpaired) electrons. The molecule has 2 N–H and O–H groups in total. The van der Waals surface area contributed by atoms with Gasteiger partial charge < -0.3 is 19.7 Å². The van der Waals surface area contributed by atoms with Gasteiger partial charge in [0.15, 0.2) is 11.2 Å². The molecule has 0 bridgehead atoms. The van der Waals surface area contributed by atoms with Crippen LogP contribution in [-0.4, -0.2) is 22.8 Å². The van der Waals surface area contributed by atoms with Crippen LogP contribution in [0.1, 0.15) is 0 Å². The number of fused-ring (bicyclic) bond motifs is 3. The van der Waals surface area contributed by atoms with Crippen LogP contribution in [0.15, 0.2) is 77.6 Å². The molecule has 7 heteroatoms. The molecule has 0 fully saturated rings. The van der Waals surface area contributed by atoms with E-state index < -0.39 is 5.97 Å². The Bertz CT molecular complexity index is 1620. The molecule has 5 rings (SSSR count). The maximum absolute atomic E-state index is 13.3. The number of carbonyl (C=O) groups is 1. The van der Waals surface area contributed by atoms with Crippen LogP contribution in [0, 0.1) is 0 Å². The number of ether oxygens (including phenoxy) is 1. The van der Waals surface area contributed by atoms with Gasteiger partial charge in [0.1, 0.15) is 6.54 Å². The van der Waals surface area contributed by atoms with Gasteiger partial charge in [-0.15, -0.1) is 0 Å². The van der Waals surface area contributed by atoms with E-state index in [-0.39, 0.29) is 17.7 Å². The fourth-order valence-electron chi connectivity index (χ4n) is 4.27. The van der Waals surface area contributed by atoms with Crippen LogP contribution in [0.2, 0.25) is 5.02 Å². The number of halogens is 1. The van der Waals surface area contributed by atoms with Crippen LogP contribution in [0.4, 0.5) is 11.4 Å². The summed E-state index contributed by atoms with van der Waals surface area (Å²) in [6.45, 7) is -0.359. The zero-order valence-electron chi connectivity index (χ0n) is 17.6. The highest BCUT2D eigenvalue weighted by Gasteiger charge is 2.19. The van der Waals surface area contributed by atoms with Crippen molar-refractivity contribution in [1.29, 1.82) is 0 Å². The number of carboxylic acid groups (broad SMARTS) is 1. The van der Waals surface area contributed by atoms with Gasteiger partial charge in [-0.1, -0.05) is 48.0 Å². The lowest BCUT2D eigenvalue weighted by molar-refractivity contribution is -0.137. The molecule has 5 aromatic rings. The topological polar surface area (TPSA) is 80.6 Å². The van der Waals surface area contributed by atoms with Crippen molar-refractivity contribution in [3.05, 3.63) is 88.0 Å². The van der Waals surface area contributed by atoms with Crippen molar-refractivity contribution in [2.75, 3.05) is 12.4 Å². The first-order valence-corrected chi connectivity index (χ1v) is 10.6. The lowest BCUT2D eigenvalue weighted by Gasteiger charge is -2.18. The summed E-state index contributed by atoms with van der Waals surface area (Å²) in [7, 11) is 1.44. The molecule has 164 valence electrons. The van der Waals surface area contributed by atoms with E-state index in [9.17, 15) is 14.7 Å². The van der Waals surface area contributed by atoms with E-state index >= 15 is 0 Å². The van der Waals surface area contributed by atoms with Gasteiger partial charge in [0, 0.05) is 22.1 Å². The van der Waals surface area contributed by atoms with E-state index in [0.29, 0.717) is 26.8 Å². The minimum Gasteiger partial charge on any atom is -0.493 e. The van der Waals surface area contributed by atoms with Crippen molar-refractivity contribution < 1.29 is 14.6 Å². The molecule has 0 amide bonds. The van der Waals surface area contributed by atoms with Crippen LogP contribution in [-0.2, 0) is 11.3 Å². The molecular formula is C26H19ClN2O4. The van der Waals surface area contributed by atoms with Crippen molar-refractivity contribution >= 4 is 61.5 Å². The molecule has 0 aliphatic heterocycles. The van der Waals surface area contributed by atoms with Crippen molar-refractivity contribution in [2.45, 2.75) is 6.54 Å². The summed E-state index contributed by atoms with van der Waals surface area (Å²) in [4.78, 5) is 25.0.